The lowest BCUT2D eigenvalue weighted by Crippen LogP contribution is -1.82. The molecule has 72 valence electrons. The van der Waals surface area contributed by atoms with E-state index < -0.39 is 0 Å². The fourth-order valence-corrected chi connectivity index (χ4v) is 1.68. The molecular formula is C11H10ClNO. The topological polar surface area (TPSA) is 26.0 Å². The van der Waals surface area contributed by atoms with Crippen LogP contribution in [-0.4, -0.2) is 5.16 Å². The second-order valence-corrected chi connectivity index (χ2v) is 3.34. The number of benzene rings is 1. The highest BCUT2D eigenvalue weighted by atomic mass is 35.5. The van der Waals surface area contributed by atoms with Gasteiger partial charge in [-0.05, 0) is 6.92 Å². The van der Waals surface area contributed by atoms with Crippen LogP contribution in [0.5, 0.6) is 0 Å². The van der Waals surface area contributed by atoms with Gasteiger partial charge in [-0.2, -0.15) is 0 Å². The van der Waals surface area contributed by atoms with E-state index in [1.54, 1.807) is 0 Å². The molecule has 2 aromatic rings. The molecule has 0 unspecified atom stereocenters. The number of aryl methyl sites for hydroxylation is 1. The molecule has 0 bridgehead atoms. The summed E-state index contributed by atoms with van der Waals surface area (Å²) in [7, 11) is 0. The zero-order chi connectivity index (χ0) is 9.97. The molecular weight excluding hydrogens is 198 g/mol. The average molecular weight is 208 g/mol. The van der Waals surface area contributed by atoms with Gasteiger partial charge in [0.1, 0.15) is 0 Å². The first-order valence-corrected chi connectivity index (χ1v) is 4.93. The third-order valence-corrected chi connectivity index (χ3v) is 2.42. The highest BCUT2D eigenvalue weighted by Crippen LogP contribution is 2.26. The summed E-state index contributed by atoms with van der Waals surface area (Å²) in [5.41, 5.74) is 2.85. The van der Waals surface area contributed by atoms with E-state index in [-0.39, 0.29) is 0 Å². The Hall–Kier alpha value is -1.28. The minimum atomic E-state index is 0.430. The van der Waals surface area contributed by atoms with Gasteiger partial charge in [-0.15, -0.1) is 11.6 Å². The molecule has 0 fully saturated rings. The van der Waals surface area contributed by atoms with Gasteiger partial charge >= 0.3 is 0 Å². The van der Waals surface area contributed by atoms with E-state index in [4.69, 9.17) is 16.1 Å². The van der Waals surface area contributed by atoms with E-state index in [9.17, 15) is 0 Å². The summed E-state index contributed by atoms with van der Waals surface area (Å²) >= 11 is 5.83. The molecule has 0 N–H and O–H groups in total. The van der Waals surface area contributed by atoms with Gasteiger partial charge in [0.05, 0.1) is 11.6 Å². The molecule has 0 atom stereocenters. The lowest BCUT2D eigenvalue weighted by molar-refractivity contribution is 0.427. The highest BCUT2D eigenvalue weighted by molar-refractivity contribution is 6.17. The molecule has 0 radical (unpaired) electrons. The lowest BCUT2D eigenvalue weighted by Gasteiger charge is -1.97. The summed E-state index contributed by atoms with van der Waals surface area (Å²) in [6.07, 6.45) is 0. The van der Waals surface area contributed by atoms with Crippen LogP contribution in [0, 0.1) is 6.92 Å². The number of halogens is 1. The van der Waals surface area contributed by atoms with Crippen molar-refractivity contribution in [3.05, 3.63) is 41.6 Å². The lowest BCUT2D eigenvalue weighted by atomic mass is 10.1. The zero-order valence-electron chi connectivity index (χ0n) is 7.83. The summed E-state index contributed by atoms with van der Waals surface area (Å²) in [5, 5.41) is 3.90. The van der Waals surface area contributed by atoms with Crippen molar-refractivity contribution in [3.8, 4) is 11.3 Å². The number of aromatic nitrogens is 1. The average Bonchev–Trinajstić information content (AvgIpc) is 2.61. The quantitative estimate of drug-likeness (QED) is 0.706. The second kappa shape index (κ2) is 3.84. The summed E-state index contributed by atoms with van der Waals surface area (Å²) in [6, 6.07) is 9.86. The third-order valence-electron chi connectivity index (χ3n) is 2.15. The molecule has 1 heterocycles. The standard InChI is InChI=1S/C11H10ClNO/c1-8-10(7-12)11(14-13-8)9-5-3-2-4-6-9/h2-6H,7H2,1H3. The summed E-state index contributed by atoms with van der Waals surface area (Å²) in [6.45, 7) is 1.90. The second-order valence-electron chi connectivity index (χ2n) is 3.08. The molecule has 1 aromatic carbocycles. The Kier molecular flexibility index (Phi) is 2.55. The van der Waals surface area contributed by atoms with Crippen molar-refractivity contribution in [1.82, 2.24) is 5.16 Å². The van der Waals surface area contributed by atoms with E-state index in [0.717, 1.165) is 22.6 Å². The Labute approximate surface area is 87.5 Å². The minimum Gasteiger partial charge on any atom is -0.356 e. The van der Waals surface area contributed by atoms with E-state index in [2.05, 4.69) is 5.16 Å². The van der Waals surface area contributed by atoms with Gasteiger partial charge in [0.25, 0.3) is 0 Å². The third kappa shape index (κ3) is 1.53. The normalized spacial score (nSPS) is 10.4. The first-order valence-electron chi connectivity index (χ1n) is 4.39. The van der Waals surface area contributed by atoms with Crippen molar-refractivity contribution in [2.45, 2.75) is 12.8 Å². The molecule has 0 saturated heterocycles. The largest absolute Gasteiger partial charge is 0.356 e. The molecule has 0 aliphatic carbocycles. The molecule has 3 heteroatoms. The van der Waals surface area contributed by atoms with Crippen LogP contribution < -0.4 is 0 Å². The Morgan fingerprint density at radius 2 is 2.00 bits per heavy atom. The van der Waals surface area contributed by atoms with Gasteiger partial charge in [-0.1, -0.05) is 35.5 Å². The van der Waals surface area contributed by atoms with Crippen LogP contribution >= 0.6 is 11.6 Å². The summed E-state index contributed by atoms with van der Waals surface area (Å²) in [4.78, 5) is 0. The first-order chi connectivity index (χ1) is 6.83. The van der Waals surface area contributed by atoms with Gasteiger partial charge in [0.2, 0.25) is 0 Å². The Bertz CT molecular complexity index is 422. The van der Waals surface area contributed by atoms with E-state index in [1.165, 1.54) is 0 Å². The van der Waals surface area contributed by atoms with Crippen LogP contribution in [0.15, 0.2) is 34.9 Å². The molecule has 14 heavy (non-hydrogen) atoms. The van der Waals surface area contributed by atoms with Crippen molar-refractivity contribution < 1.29 is 4.52 Å². The van der Waals surface area contributed by atoms with Crippen molar-refractivity contribution in [3.63, 3.8) is 0 Å². The van der Waals surface area contributed by atoms with Gasteiger partial charge in [-0.3, -0.25) is 0 Å². The van der Waals surface area contributed by atoms with Crippen LogP contribution in [0.3, 0.4) is 0 Å². The summed E-state index contributed by atoms with van der Waals surface area (Å²) in [5.74, 6) is 1.21. The first kappa shape index (κ1) is 9.28. The predicted octanol–water partition coefficient (Wildman–Crippen LogP) is 3.39. The predicted molar refractivity (Wildman–Crippen MR) is 56.2 cm³/mol. The molecule has 0 spiro atoms. The molecule has 0 aliphatic rings. The molecule has 0 amide bonds. The van der Waals surface area contributed by atoms with Crippen LogP contribution in [0.4, 0.5) is 0 Å². The van der Waals surface area contributed by atoms with Crippen molar-refractivity contribution in [2.75, 3.05) is 0 Å². The Morgan fingerprint density at radius 3 is 2.64 bits per heavy atom. The van der Waals surface area contributed by atoms with Crippen LogP contribution in [0.2, 0.25) is 0 Å². The molecule has 0 saturated carbocycles. The Balaban J connectivity index is 2.52. The summed E-state index contributed by atoms with van der Waals surface area (Å²) < 4.78 is 5.24. The number of hydrogen-bond acceptors (Lipinski definition) is 2. The maximum atomic E-state index is 5.83. The fourth-order valence-electron chi connectivity index (χ4n) is 1.36. The van der Waals surface area contributed by atoms with Crippen molar-refractivity contribution >= 4 is 11.6 Å². The maximum Gasteiger partial charge on any atom is 0.171 e. The zero-order valence-corrected chi connectivity index (χ0v) is 8.58. The van der Waals surface area contributed by atoms with Crippen molar-refractivity contribution in [1.29, 1.82) is 0 Å². The SMILES string of the molecule is Cc1noc(-c2ccccc2)c1CCl. The van der Waals surface area contributed by atoms with Gasteiger partial charge in [0.15, 0.2) is 5.76 Å². The fraction of sp³-hybridized carbons (Fsp3) is 0.182. The number of nitrogens with zero attached hydrogens (tertiary/aromatic N) is 1. The number of rotatable bonds is 2. The van der Waals surface area contributed by atoms with Crippen LogP contribution in [0.25, 0.3) is 11.3 Å². The highest BCUT2D eigenvalue weighted by Gasteiger charge is 2.12. The molecule has 2 rings (SSSR count). The van der Waals surface area contributed by atoms with Gasteiger partial charge in [0, 0.05) is 11.1 Å². The van der Waals surface area contributed by atoms with Crippen LogP contribution in [-0.2, 0) is 5.88 Å². The molecule has 0 aliphatic heterocycles. The monoisotopic (exact) mass is 207 g/mol. The number of alkyl halides is 1. The van der Waals surface area contributed by atoms with E-state index in [1.807, 2.05) is 37.3 Å². The number of hydrogen-bond donors (Lipinski definition) is 0. The van der Waals surface area contributed by atoms with Crippen LogP contribution in [0.1, 0.15) is 11.3 Å². The van der Waals surface area contributed by atoms with E-state index >= 15 is 0 Å². The smallest absolute Gasteiger partial charge is 0.171 e. The Morgan fingerprint density at radius 1 is 1.29 bits per heavy atom. The minimum absolute atomic E-state index is 0.430. The molecule has 2 nitrogen and oxygen atoms in total. The van der Waals surface area contributed by atoms with Gasteiger partial charge < -0.3 is 4.52 Å². The molecule has 1 aromatic heterocycles. The van der Waals surface area contributed by atoms with Crippen molar-refractivity contribution in [2.24, 2.45) is 0 Å². The van der Waals surface area contributed by atoms with E-state index in [0.29, 0.717) is 5.88 Å². The van der Waals surface area contributed by atoms with Gasteiger partial charge in [-0.25, -0.2) is 0 Å². The maximum absolute atomic E-state index is 5.83.